The van der Waals surface area contributed by atoms with Gasteiger partial charge < -0.3 is 9.80 Å². The fraction of sp³-hybridized carbons (Fsp3) is 0.435. The Labute approximate surface area is 194 Å². The Hall–Kier alpha value is -2.22. The van der Waals surface area contributed by atoms with E-state index in [1.54, 1.807) is 0 Å². The maximum Gasteiger partial charge on any atom is 0.202 e. The molecule has 0 aliphatic heterocycles. The van der Waals surface area contributed by atoms with Crippen molar-refractivity contribution in [3.63, 3.8) is 0 Å². The monoisotopic (exact) mass is 456 g/mol. The highest BCUT2D eigenvalue weighted by Gasteiger charge is 2.25. The molecule has 3 aromatic rings. The Morgan fingerprint density at radius 2 is 1.87 bits per heavy atom. The van der Waals surface area contributed by atoms with Gasteiger partial charge in [0.05, 0.1) is 6.54 Å². The van der Waals surface area contributed by atoms with Crippen molar-refractivity contribution >= 4 is 29.6 Å². The molecular formula is C23H29ClN6S. The van der Waals surface area contributed by atoms with Crippen molar-refractivity contribution in [2.45, 2.75) is 45.3 Å². The number of hydrogen-bond donors (Lipinski definition) is 0. The molecule has 0 bridgehead atoms. The number of aryl methyl sites for hydroxylation is 2. The molecule has 1 fully saturated rings. The molecule has 0 spiro atoms. The molecule has 0 amide bonds. The zero-order valence-corrected chi connectivity index (χ0v) is 19.9. The van der Waals surface area contributed by atoms with Crippen LogP contribution in [0, 0.1) is 11.7 Å². The van der Waals surface area contributed by atoms with Crippen LogP contribution in [0.5, 0.6) is 0 Å². The van der Waals surface area contributed by atoms with E-state index in [0.29, 0.717) is 16.3 Å². The van der Waals surface area contributed by atoms with Gasteiger partial charge in [0.2, 0.25) is 4.77 Å². The van der Waals surface area contributed by atoms with Crippen molar-refractivity contribution in [1.29, 1.82) is 0 Å². The molecule has 8 heteroatoms. The third-order valence-electron chi connectivity index (χ3n) is 5.71. The Kier molecular flexibility index (Phi) is 6.74. The third-order valence-corrected chi connectivity index (χ3v) is 6.35. The van der Waals surface area contributed by atoms with Gasteiger partial charge in [-0.05, 0) is 87.9 Å². The summed E-state index contributed by atoms with van der Waals surface area (Å²) < 4.78 is 4.70. The van der Waals surface area contributed by atoms with Gasteiger partial charge in [-0.2, -0.15) is 5.10 Å². The van der Waals surface area contributed by atoms with E-state index in [2.05, 4.69) is 27.9 Å². The minimum absolute atomic E-state index is 0.595. The molecule has 1 saturated carbocycles. The van der Waals surface area contributed by atoms with Gasteiger partial charge in [0.15, 0.2) is 5.82 Å². The first-order valence-corrected chi connectivity index (χ1v) is 11.5. The Bertz CT molecular complexity index is 1070. The first-order chi connectivity index (χ1) is 14.9. The van der Waals surface area contributed by atoms with Crippen LogP contribution in [0.1, 0.15) is 30.7 Å². The lowest BCUT2D eigenvalue weighted by Crippen LogP contribution is -2.23. The summed E-state index contributed by atoms with van der Waals surface area (Å²) in [7, 11) is 4.23. The fourth-order valence-corrected chi connectivity index (χ4v) is 4.17. The molecule has 31 heavy (non-hydrogen) atoms. The van der Waals surface area contributed by atoms with E-state index in [1.807, 2.05) is 59.7 Å². The summed E-state index contributed by atoms with van der Waals surface area (Å²) in [5.41, 5.74) is 2.11. The zero-order valence-electron chi connectivity index (χ0n) is 18.3. The second-order valence-corrected chi connectivity index (χ2v) is 9.15. The number of nitrogens with zero attached hydrogens (tertiary/aromatic N) is 6. The minimum Gasteiger partial charge on any atom is -0.352 e. The number of benzene rings is 1. The number of hydrogen-bond acceptors (Lipinski definition) is 5. The quantitative estimate of drug-likeness (QED) is 0.429. The number of pyridine rings is 1. The second kappa shape index (κ2) is 9.51. The van der Waals surface area contributed by atoms with E-state index in [0.717, 1.165) is 48.4 Å². The van der Waals surface area contributed by atoms with Crippen LogP contribution in [0.15, 0.2) is 42.6 Å². The molecule has 164 valence electrons. The lowest BCUT2D eigenvalue weighted by Gasteiger charge is -2.18. The largest absolute Gasteiger partial charge is 0.352 e. The van der Waals surface area contributed by atoms with E-state index in [9.17, 15) is 0 Å². The average molecular weight is 457 g/mol. The molecular weight excluding hydrogens is 428 g/mol. The lowest BCUT2D eigenvalue weighted by atomic mass is 10.3. The van der Waals surface area contributed by atoms with Crippen LogP contribution in [0.25, 0.3) is 5.69 Å². The van der Waals surface area contributed by atoms with Crippen molar-refractivity contribution < 1.29 is 0 Å². The molecule has 0 N–H and O–H groups in total. The van der Waals surface area contributed by atoms with Crippen molar-refractivity contribution in [2.75, 3.05) is 25.5 Å². The van der Waals surface area contributed by atoms with Crippen LogP contribution in [0.4, 0.5) is 5.82 Å². The Morgan fingerprint density at radius 1 is 1.13 bits per heavy atom. The van der Waals surface area contributed by atoms with Crippen molar-refractivity contribution in [2.24, 2.45) is 0 Å². The average Bonchev–Trinajstić information content (AvgIpc) is 3.56. The second-order valence-electron chi connectivity index (χ2n) is 8.35. The molecule has 1 aromatic carbocycles. The van der Waals surface area contributed by atoms with Crippen molar-refractivity contribution in [3.8, 4) is 5.69 Å². The molecule has 6 nitrogen and oxygen atoms in total. The molecule has 4 rings (SSSR count). The highest BCUT2D eigenvalue weighted by atomic mass is 35.5. The molecule has 2 heterocycles. The zero-order chi connectivity index (χ0) is 22.0. The third kappa shape index (κ3) is 5.34. The summed E-state index contributed by atoms with van der Waals surface area (Å²) in [6.45, 7) is 4.49. The van der Waals surface area contributed by atoms with Gasteiger partial charge in [0, 0.05) is 36.5 Å². The minimum atomic E-state index is 0.595. The first kappa shape index (κ1) is 22.0. The lowest BCUT2D eigenvalue weighted by molar-refractivity contribution is 0.308. The molecule has 0 saturated heterocycles. The number of anilines is 1. The van der Waals surface area contributed by atoms with Crippen LogP contribution >= 0.6 is 23.8 Å². The van der Waals surface area contributed by atoms with Gasteiger partial charge in [-0.15, -0.1) is 0 Å². The smallest absolute Gasteiger partial charge is 0.202 e. The predicted octanol–water partition coefficient (Wildman–Crippen LogP) is 4.88. The molecule has 1 aliphatic rings. The van der Waals surface area contributed by atoms with E-state index < -0.39 is 0 Å². The number of rotatable bonds is 9. The van der Waals surface area contributed by atoms with Gasteiger partial charge in [-0.1, -0.05) is 17.7 Å². The van der Waals surface area contributed by atoms with E-state index in [1.165, 1.54) is 12.8 Å². The summed E-state index contributed by atoms with van der Waals surface area (Å²) in [6, 6.07) is 12.6. The Balaban J connectivity index is 1.59. The highest BCUT2D eigenvalue weighted by Crippen LogP contribution is 2.25. The van der Waals surface area contributed by atoms with Crippen LogP contribution < -0.4 is 4.90 Å². The number of halogens is 1. The van der Waals surface area contributed by atoms with Crippen LogP contribution in [0.2, 0.25) is 5.02 Å². The summed E-state index contributed by atoms with van der Waals surface area (Å²) in [4.78, 5) is 9.08. The highest BCUT2D eigenvalue weighted by molar-refractivity contribution is 7.71. The van der Waals surface area contributed by atoms with E-state index >= 15 is 0 Å². The van der Waals surface area contributed by atoms with Gasteiger partial charge in [0.1, 0.15) is 5.82 Å². The summed E-state index contributed by atoms with van der Waals surface area (Å²) in [6.07, 6.45) is 5.55. The van der Waals surface area contributed by atoms with Gasteiger partial charge in [-0.25, -0.2) is 9.67 Å². The normalized spacial score (nSPS) is 13.7. The van der Waals surface area contributed by atoms with Crippen LogP contribution in [0.3, 0.4) is 0 Å². The molecule has 0 radical (unpaired) electrons. The van der Waals surface area contributed by atoms with Crippen molar-refractivity contribution in [3.05, 3.63) is 63.8 Å². The van der Waals surface area contributed by atoms with E-state index in [4.69, 9.17) is 28.9 Å². The van der Waals surface area contributed by atoms with Gasteiger partial charge >= 0.3 is 0 Å². The molecule has 0 unspecified atom stereocenters. The summed E-state index contributed by atoms with van der Waals surface area (Å²) in [5, 5.41) is 5.61. The Morgan fingerprint density at radius 3 is 2.52 bits per heavy atom. The SMILES string of the molecule is Cc1ccc(N(C)Cc2nn(CCCN(C)C3CC3)c(=S)n2-c2ccc(Cl)cc2)nc1. The molecule has 1 aliphatic carbocycles. The van der Waals surface area contributed by atoms with Gasteiger partial charge in [0.25, 0.3) is 0 Å². The van der Waals surface area contributed by atoms with Gasteiger partial charge in [-0.3, -0.25) is 4.57 Å². The van der Waals surface area contributed by atoms with Crippen LogP contribution in [-0.4, -0.2) is 50.9 Å². The van der Waals surface area contributed by atoms with Crippen LogP contribution in [-0.2, 0) is 13.1 Å². The summed E-state index contributed by atoms with van der Waals surface area (Å²) >= 11 is 12.0. The molecule has 2 aromatic heterocycles. The standard InChI is InChI=1S/C23H29ClN6S/c1-17-5-12-21(25-15-17)28(3)16-22-26-29(14-4-13-27(2)19-10-11-19)23(31)30(22)20-8-6-18(24)7-9-20/h5-9,12,15,19H,4,10-11,13-14,16H2,1-3H3. The maximum absolute atomic E-state index is 6.11. The topological polar surface area (TPSA) is 42.1 Å². The van der Waals surface area contributed by atoms with Crippen molar-refractivity contribution in [1.82, 2.24) is 24.2 Å². The summed E-state index contributed by atoms with van der Waals surface area (Å²) in [5.74, 6) is 1.78. The number of aromatic nitrogens is 4. The fourth-order valence-electron chi connectivity index (χ4n) is 3.70. The maximum atomic E-state index is 6.11. The first-order valence-electron chi connectivity index (χ1n) is 10.7. The van der Waals surface area contributed by atoms with E-state index in [-0.39, 0.29) is 0 Å². The molecule has 0 atom stereocenters. The predicted molar refractivity (Wildman–Crippen MR) is 129 cm³/mol.